The number of H-pyrrole nitrogens is 3. The van der Waals surface area contributed by atoms with Crippen molar-refractivity contribution in [1.29, 1.82) is 0 Å². The van der Waals surface area contributed by atoms with Gasteiger partial charge in [0.05, 0.1) is 40.9 Å². The summed E-state index contributed by atoms with van der Waals surface area (Å²) in [5.41, 5.74) is 6.12. The lowest BCUT2D eigenvalue weighted by Crippen LogP contribution is -2.42. The van der Waals surface area contributed by atoms with Gasteiger partial charge in [-0.1, -0.05) is 7.43 Å². The molecule has 3 aliphatic heterocycles. The van der Waals surface area contributed by atoms with Gasteiger partial charge in [-0.3, -0.25) is 9.59 Å². The number of hydrogen-bond donors (Lipinski definition) is 10. The van der Waals surface area contributed by atoms with Gasteiger partial charge in [-0.15, -0.1) is 24.8 Å². The molecule has 0 spiro atoms. The summed E-state index contributed by atoms with van der Waals surface area (Å²) in [6.07, 6.45) is 12.7. The van der Waals surface area contributed by atoms with Crippen LogP contribution in [0, 0.1) is 0 Å². The Balaban J connectivity index is 0.000000252. The van der Waals surface area contributed by atoms with Crippen molar-refractivity contribution in [2.24, 2.45) is 0 Å². The SMILES string of the molecule is C.CN(C(=O)OC(C)(C)C)[C@H]1CCNC1.CN[C@H]1CCN(C(=O)c2ccc(N[C@@H](C)c3cnc4[nH]ccc4c3)nc2)C1.C[C@H](Nc1ccc(C(=O)N2CC[C@H](N(C)C(=O)OC(C)(C)C)C2)cn1)c1cnc2[nH]ccc2c1.C[C@H](Nc1ccc(C(=O)O)cn1)c1cnc2[nH]ccc2c1.Cl.Cl.O=C(O)C(F)(F)F. The minimum atomic E-state index is -5.08. The zero-order valence-corrected chi connectivity index (χ0v) is 62.2. The first kappa shape index (κ1) is 86.3. The molecule has 4 amide bonds. The summed E-state index contributed by atoms with van der Waals surface area (Å²) in [5, 5.41) is 35.6. The van der Waals surface area contributed by atoms with E-state index in [1.165, 1.54) is 12.3 Å². The van der Waals surface area contributed by atoms with E-state index in [2.05, 4.69) is 96.6 Å². The second-order valence-electron chi connectivity index (χ2n) is 27.1. The average Bonchev–Trinajstić information content (AvgIpc) is 1.61. The smallest absolute Gasteiger partial charge is 0.478 e. The third-order valence-electron chi connectivity index (χ3n) is 17.0. The monoisotopic (exact) mass is 1510 g/mol. The molecule has 3 fully saturated rings. The zero-order chi connectivity index (χ0) is 74.9. The Morgan fingerprint density at radius 1 is 0.538 bits per heavy atom. The highest BCUT2D eigenvalue weighted by atomic mass is 35.5. The van der Waals surface area contributed by atoms with Crippen LogP contribution in [0.3, 0.4) is 0 Å². The normalized spacial score (nSPS) is 16.1. The number of aromatic carboxylic acids is 1. The molecule has 6 atom stereocenters. The van der Waals surface area contributed by atoms with Crippen molar-refractivity contribution in [2.45, 2.75) is 143 Å². The molecule has 0 unspecified atom stereocenters. The highest BCUT2D eigenvalue weighted by molar-refractivity contribution is 5.95. The van der Waals surface area contributed by atoms with Crippen molar-refractivity contribution in [3.63, 3.8) is 0 Å². The van der Waals surface area contributed by atoms with E-state index >= 15 is 0 Å². The van der Waals surface area contributed by atoms with Crippen LogP contribution >= 0.6 is 24.8 Å². The van der Waals surface area contributed by atoms with Crippen molar-refractivity contribution in [3.8, 4) is 0 Å². The summed E-state index contributed by atoms with van der Waals surface area (Å²) in [6.45, 7) is 21.7. The molecular weight excluding hydrogens is 1420 g/mol. The summed E-state index contributed by atoms with van der Waals surface area (Å²) in [4.78, 5) is 112. The van der Waals surface area contributed by atoms with Crippen LogP contribution in [-0.2, 0) is 14.3 Å². The molecule has 0 aromatic carbocycles. The predicted octanol–water partition coefficient (Wildman–Crippen LogP) is 12.9. The van der Waals surface area contributed by atoms with Gasteiger partial charge in [-0.2, -0.15) is 13.2 Å². The van der Waals surface area contributed by atoms with Gasteiger partial charge in [0.2, 0.25) is 0 Å². The molecule has 0 bridgehead atoms. The number of likely N-dealkylation sites (N-methyl/N-ethyl adjacent to an activating group) is 3. The molecule has 3 saturated heterocycles. The van der Waals surface area contributed by atoms with Crippen LogP contribution in [-0.4, -0.2) is 207 Å². The van der Waals surface area contributed by atoms with Gasteiger partial charge in [-0.25, -0.2) is 49.1 Å². The number of ether oxygens (including phenoxy) is 2. The Morgan fingerprint density at radius 2 is 0.906 bits per heavy atom. The van der Waals surface area contributed by atoms with Gasteiger partial charge >= 0.3 is 30.3 Å². The Morgan fingerprint density at radius 3 is 1.23 bits per heavy atom. The number of aliphatic carboxylic acids is 1. The van der Waals surface area contributed by atoms with Crippen LogP contribution in [0.25, 0.3) is 33.1 Å². The van der Waals surface area contributed by atoms with Crippen LogP contribution in [0.4, 0.5) is 40.2 Å². The number of fused-ring (bicyclic) bond motifs is 3. The third-order valence-corrected chi connectivity index (χ3v) is 17.0. The number of nitrogens with one attached hydrogen (secondary N) is 8. The average molecular weight is 1510 g/mol. The van der Waals surface area contributed by atoms with Gasteiger partial charge in [0.15, 0.2) is 0 Å². The van der Waals surface area contributed by atoms with Crippen molar-refractivity contribution >= 4 is 111 Å². The summed E-state index contributed by atoms with van der Waals surface area (Å²) < 4.78 is 42.5. The van der Waals surface area contributed by atoms with E-state index in [0.29, 0.717) is 48.3 Å². The fourth-order valence-electron chi connectivity index (χ4n) is 11.0. The minimum absolute atomic E-state index is 0. The van der Waals surface area contributed by atoms with E-state index in [1.54, 1.807) is 53.3 Å². The maximum Gasteiger partial charge on any atom is 0.490 e. The first-order chi connectivity index (χ1) is 48.7. The number of halogens is 5. The Bertz CT molecular complexity index is 4320. The molecule has 574 valence electrons. The number of carbonyl (C=O) groups excluding carboxylic acids is 4. The van der Waals surface area contributed by atoms with E-state index in [1.807, 2.05) is 141 Å². The number of pyridine rings is 6. The van der Waals surface area contributed by atoms with Gasteiger partial charge in [0.25, 0.3) is 11.8 Å². The quantitative estimate of drug-likeness (QED) is 0.0456. The molecule has 0 aliphatic carbocycles. The molecule has 12 heterocycles. The van der Waals surface area contributed by atoms with Crippen LogP contribution in [0.1, 0.15) is 155 Å². The number of carbonyl (C=O) groups is 6. The van der Waals surface area contributed by atoms with Crippen LogP contribution < -0.4 is 26.6 Å². The number of alkyl halides is 3. The maximum absolute atomic E-state index is 13.0. The standard InChI is InChI=1S/C25H32N6O3.C20H24N6O.C15H14N4O2.C10H20N2O2.C2HF3O2.CH4.2ClH/c1-16(19-12-17-8-10-26-22(17)28-14-19)29-21-7-6-18(13-27-21)23(32)31-11-9-20(15-31)30(5)24(33)34-25(2,3)4;1-13(16-9-14-5-7-22-19(14)24-11-16)25-18-4-3-15(10-23-18)20(27)26-8-6-17(12-26)21-2;1-9(12-6-10-4-5-16-14(10)18-8-12)19-13-3-2-11(7-17-13)15(20)21;1-10(2,3)14-9(13)12(4)8-5-6-11-7-8;3-2(4,5)1(6)7;;;/h6-8,10,12-14,16,20H,9,11,15H2,1-5H3,(H,26,28)(H,27,29);3-5,7,9-11,13,17,21H,6,8,12H2,1-2H3,(H,22,24)(H,23,25);2-9H,1H3,(H,16,18)(H,17,19)(H,20,21);8,11H,5-7H2,1-4H3;(H,6,7);1H4;2*1H/t16-,20-;13-,17-;9-;8-;;;;/m0000..../s1. The third kappa shape index (κ3) is 24.9. The number of aromatic nitrogens is 9. The number of aromatic amines is 3. The Hall–Kier alpha value is -10.4. The zero-order valence-electron chi connectivity index (χ0n) is 60.5. The first-order valence-electron chi connectivity index (χ1n) is 33.6. The number of carboxylic acids is 2. The summed E-state index contributed by atoms with van der Waals surface area (Å²) >= 11 is 0. The number of likely N-dealkylation sites (tertiary alicyclic amines) is 2. The number of carboxylic acid groups (broad SMARTS) is 2. The molecule has 28 nitrogen and oxygen atoms in total. The van der Waals surface area contributed by atoms with E-state index < -0.39 is 29.3 Å². The lowest BCUT2D eigenvalue weighted by Gasteiger charge is -2.28. The minimum Gasteiger partial charge on any atom is -0.478 e. The first-order valence-corrected chi connectivity index (χ1v) is 33.6. The van der Waals surface area contributed by atoms with E-state index in [4.69, 9.17) is 24.5 Å². The fraction of sp³-hybridized carbons (Fsp3) is 0.425. The van der Waals surface area contributed by atoms with Crippen molar-refractivity contribution in [1.82, 2.24) is 75.1 Å². The lowest BCUT2D eigenvalue weighted by atomic mass is 10.1. The van der Waals surface area contributed by atoms with Crippen LogP contribution in [0.5, 0.6) is 0 Å². The number of rotatable bonds is 15. The van der Waals surface area contributed by atoms with Gasteiger partial charge in [-0.05, 0) is 185 Å². The number of amides is 4. The summed E-state index contributed by atoms with van der Waals surface area (Å²) in [7, 11) is 5.45. The van der Waals surface area contributed by atoms with E-state index in [0.717, 1.165) is 94.6 Å². The maximum atomic E-state index is 13.0. The highest BCUT2D eigenvalue weighted by Gasteiger charge is 2.38. The van der Waals surface area contributed by atoms with Gasteiger partial charge < -0.3 is 80.8 Å². The van der Waals surface area contributed by atoms with Crippen LogP contribution in [0.15, 0.2) is 129 Å². The second kappa shape index (κ2) is 38.6. The topological polar surface area (TPSA) is 359 Å². The number of anilines is 3. The molecule has 106 heavy (non-hydrogen) atoms. The Kier molecular flexibility index (Phi) is 31.4. The van der Waals surface area contributed by atoms with E-state index in [-0.39, 0.29) is 92.0 Å². The molecule has 0 radical (unpaired) electrons. The summed E-state index contributed by atoms with van der Waals surface area (Å²) in [6, 6.07) is 23.4. The largest absolute Gasteiger partial charge is 0.490 e. The van der Waals surface area contributed by atoms with Crippen molar-refractivity contribution in [3.05, 3.63) is 162 Å². The molecule has 10 N–H and O–H groups in total. The number of nitrogens with zero attached hydrogens (tertiary/aromatic N) is 10. The predicted molar refractivity (Wildman–Crippen MR) is 406 cm³/mol. The number of hydrogen-bond acceptors (Lipinski definition) is 19. The molecule has 9 aromatic rings. The molecule has 3 aliphatic rings. The molecule has 0 saturated carbocycles. The van der Waals surface area contributed by atoms with Crippen LogP contribution in [0.2, 0.25) is 0 Å². The highest BCUT2D eigenvalue weighted by Crippen LogP contribution is 2.27. The van der Waals surface area contributed by atoms with Gasteiger partial charge in [0, 0.05) is 131 Å². The lowest BCUT2D eigenvalue weighted by molar-refractivity contribution is -0.192. The molecule has 33 heteroatoms. The molecule has 12 rings (SSSR count). The fourth-order valence-corrected chi connectivity index (χ4v) is 11.0. The van der Waals surface area contributed by atoms with Crippen molar-refractivity contribution in [2.75, 3.05) is 76.4 Å². The second-order valence-corrected chi connectivity index (χ2v) is 27.1. The molecular formula is C73H97Cl2F3N18O10. The van der Waals surface area contributed by atoms with Crippen molar-refractivity contribution < 1.29 is 61.6 Å². The van der Waals surface area contributed by atoms with E-state index in [9.17, 15) is 37.1 Å². The van der Waals surface area contributed by atoms with Gasteiger partial charge in [0.1, 0.15) is 45.6 Å². The molecule has 9 aromatic heterocycles. The summed E-state index contributed by atoms with van der Waals surface area (Å²) in [5.74, 6) is -1.74. The Labute approximate surface area is 626 Å².